The first-order chi connectivity index (χ1) is 7.17. The highest BCUT2D eigenvalue weighted by Crippen LogP contribution is 2.23. The first-order valence-corrected chi connectivity index (χ1v) is 5.17. The maximum atomic E-state index is 9.12. The third-order valence-electron chi connectivity index (χ3n) is 2.08. The Morgan fingerprint density at radius 1 is 1.27 bits per heavy atom. The molecule has 0 atom stereocenters. The summed E-state index contributed by atoms with van der Waals surface area (Å²) < 4.78 is 0.699. The van der Waals surface area contributed by atoms with Gasteiger partial charge in [-0.25, -0.2) is 0 Å². The van der Waals surface area contributed by atoms with Crippen LogP contribution in [-0.4, -0.2) is 45.7 Å². The summed E-state index contributed by atoms with van der Waals surface area (Å²) in [5, 5.41) is 30.2. The average molecular weight is 277 g/mol. The van der Waals surface area contributed by atoms with Crippen LogP contribution < -0.4 is 5.32 Å². The van der Waals surface area contributed by atoms with E-state index in [1.165, 1.54) is 0 Å². The first kappa shape index (κ1) is 12.4. The fraction of sp³-hybridized carbons (Fsp3) is 0.444. The Balaban J connectivity index is 2.88. The molecule has 0 aliphatic heterocycles. The van der Waals surface area contributed by atoms with Crippen LogP contribution in [0.1, 0.15) is 0 Å². The maximum absolute atomic E-state index is 9.12. The topological polar surface area (TPSA) is 85.6 Å². The van der Waals surface area contributed by atoms with Crippen molar-refractivity contribution >= 4 is 21.6 Å². The van der Waals surface area contributed by atoms with Crippen molar-refractivity contribution in [3.05, 3.63) is 22.9 Å². The SMILES string of the molecule is OCC(CO)(CO)Nc1ccncc1Br. The molecule has 0 bridgehead atoms. The number of nitrogens with one attached hydrogen (secondary N) is 1. The van der Waals surface area contributed by atoms with Gasteiger partial charge in [0.2, 0.25) is 0 Å². The minimum Gasteiger partial charge on any atom is -0.394 e. The van der Waals surface area contributed by atoms with Crippen LogP contribution in [0.5, 0.6) is 0 Å². The van der Waals surface area contributed by atoms with Gasteiger partial charge >= 0.3 is 0 Å². The summed E-state index contributed by atoms with van der Waals surface area (Å²) in [7, 11) is 0. The summed E-state index contributed by atoms with van der Waals surface area (Å²) in [6.45, 7) is -1.10. The molecule has 0 unspecified atom stereocenters. The lowest BCUT2D eigenvalue weighted by molar-refractivity contribution is 0.0833. The molecule has 0 amide bonds. The fourth-order valence-corrected chi connectivity index (χ4v) is 1.38. The molecular weight excluding hydrogens is 264 g/mol. The van der Waals surface area contributed by atoms with Gasteiger partial charge in [0.25, 0.3) is 0 Å². The van der Waals surface area contributed by atoms with Crippen LogP contribution in [0.4, 0.5) is 5.69 Å². The van der Waals surface area contributed by atoms with Crippen molar-refractivity contribution < 1.29 is 15.3 Å². The lowest BCUT2D eigenvalue weighted by Crippen LogP contribution is -2.49. The van der Waals surface area contributed by atoms with Gasteiger partial charge in [-0.3, -0.25) is 4.98 Å². The number of aliphatic hydroxyl groups excluding tert-OH is 3. The molecule has 84 valence electrons. The molecule has 0 radical (unpaired) electrons. The molecule has 1 aromatic heterocycles. The zero-order valence-electron chi connectivity index (χ0n) is 8.02. The lowest BCUT2D eigenvalue weighted by Gasteiger charge is -2.30. The van der Waals surface area contributed by atoms with E-state index in [1.807, 2.05) is 0 Å². The van der Waals surface area contributed by atoms with Crippen molar-refractivity contribution in [1.82, 2.24) is 4.98 Å². The third kappa shape index (κ3) is 2.88. The largest absolute Gasteiger partial charge is 0.394 e. The van der Waals surface area contributed by atoms with Gasteiger partial charge in [0.1, 0.15) is 5.54 Å². The number of halogens is 1. The Labute approximate surface area is 95.9 Å². The van der Waals surface area contributed by atoms with Crippen molar-refractivity contribution in [2.75, 3.05) is 25.1 Å². The van der Waals surface area contributed by atoms with E-state index in [9.17, 15) is 0 Å². The molecule has 0 aliphatic rings. The van der Waals surface area contributed by atoms with Gasteiger partial charge in [0, 0.05) is 12.4 Å². The molecule has 1 heterocycles. The zero-order valence-corrected chi connectivity index (χ0v) is 9.61. The van der Waals surface area contributed by atoms with Gasteiger partial charge in [-0.15, -0.1) is 0 Å². The zero-order chi connectivity index (χ0) is 11.3. The summed E-state index contributed by atoms with van der Waals surface area (Å²) in [4.78, 5) is 3.88. The van der Waals surface area contributed by atoms with Crippen LogP contribution in [0.15, 0.2) is 22.9 Å². The molecule has 0 fully saturated rings. The van der Waals surface area contributed by atoms with Crippen molar-refractivity contribution in [2.24, 2.45) is 0 Å². The van der Waals surface area contributed by atoms with E-state index in [-0.39, 0.29) is 19.8 Å². The van der Waals surface area contributed by atoms with Gasteiger partial charge < -0.3 is 20.6 Å². The minimum atomic E-state index is -1.12. The molecule has 1 rings (SSSR count). The minimum absolute atomic E-state index is 0.366. The second-order valence-electron chi connectivity index (χ2n) is 3.24. The number of aliphatic hydroxyl groups is 3. The van der Waals surface area contributed by atoms with Crippen molar-refractivity contribution in [2.45, 2.75) is 5.54 Å². The first-order valence-electron chi connectivity index (χ1n) is 4.38. The van der Waals surface area contributed by atoms with E-state index >= 15 is 0 Å². The molecule has 1 aromatic rings. The van der Waals surface area contributed by atoms with Crippen molar-refractivity contribution in [3.8, 4) is 0 Å². The second-order valence-corrected chi connectivity index (χ2v) is 4.09. The van der Waals surface area contributed by atoms with Crippen LogP contribution in [-0.2, 0) is 0 Å². The molecule has 0 aromatic carbocycles. The van der Waals surface area contributed by atoms with Crippen molar-refractivity contribution in [3.63, 3.8) is 0 Å². The van der Waals surface area contributed by atoms with E-state index in [0.717, 1.165) is 0 Å². The summed E-state index contributed by atoms with van der Waals surface area (Å²) >= 11 is 3.27. The highest BCUT2D eigenvalue weighted by Gasteiger charge is 2.28. The van der Waals surface area contributed by atoms with E-state index in [2.05, 4.69) is 26.2 Å². The van der Waals surface area contributed by atoms with E-state index in [0.29, 0.717) is 10.2 Å². The second kappa shape index (κ2) is 5.41. The number of aromatic nitrogens is 1. The normalized spacial score (nSPS) is 11.5. The number of hydrogen-bond donors (Lipinski definition) is 4. The van der Waals surface area contributed by atoms with Crippen LogP contribution in [0.2, 0.25) is 0 Å². The molecule has 0 saturated carbocycles. The lowest BCUT2D eigenvalue weighted by atomic mass is 10.0. The van der Waals surface area contributed by atoms with Gasteiger partial charge in [-0.2, -0.15) is 0 Å². The fourth-order valence-electron chi connectivity index (χ4n) is 1.03. The molecule has 0 saturated heterocycles. The standard InChI is InChI=1S/C9H13BrN2O3/c10-7-3-11-2-1-8(7)12-9(4-13,5-14)6-15/h1-3,13-15H,4-6H2,(H,11,12). The Hall–Kier alpha value is -0.690. The Bertz CT molecular complexity index is 310. The monoisotopic (exact) mass is 276 g/mol. The van der Waals surface area contributed by atoms with Crippen LogP contribution in [0.25, 0.3) is 0 Å². The van der Waals surface area contributed by atoms with Crippen molar-refractivity contribution in [1.29, 1.82) is 0 Å². The summed E-state index contributed by atoms with van der Waals surface area (Å²) in [6, 6.07) is 1.68. The quantitative estimate of drug-likeness (QED) is 0.607. The third-order valence-corrected chi connectivity index (χ3v) is 2.71. The highest BCUT2D eigenvalue weighted by atomic mass is 79.9. The number of anilines is 1. The maximum Gasteiger partial charge on any atom is 0.107 e. The van der Waals surface area contributed by atoms with Crippen LogP contribution in [0, 0.1) is 0 Å². The molecule has 4 N–H and O–H groups in total. The number of rotatable bonds is 5. The summed E-state index contributed by atoms with van der Waals surface area (Å²) in [5.74, 6) is 0. The Morgan fingerprint density at radius 3 is 2.33 bits per heavy atom. The molecule has 5 nitrogen and oxygen atoms in total. The number of pyridine rings is 1. The average Bonchev–Trinajstić information content (AvgIpc) is 2.29. The molecule has 15 heavy (non-hydrogen) atoms. The number of hydrogen-bond acceptors (Lipinski definition) is 5. The molecule has 0 aliphatic carbocycles. The van der Waals surface area contributed by atoms with E-state index < -0.39 is 5.54 Å². The Kier molecular flexibility index (Phi) is 4.46. The number of nitrogens with zero attached hydrogens (tertiary/aromatic N) is 1. The van der Waals surface area contributed by atoms with Gasteiger partial charge in [0.05, 0.1) is 30.0 Å². The predicted octanol–water partition coefficient (Wildman–Crippen LogP) is -0.0283. The van der Waals surface area contributed by atoms with E-state index in [1.54, 1.807) is 18.5 Å². The summed E-state index contributed by atoms with van der Waals surface area (Å²) in [5.41, 5.74) is -0.466. The summed E-state index contributed by atoms with van der Waals surface area (Å²) in [6.07, 6.45) is 3.16. The smallest absolute Gasteiger partial charge is 0.107 e. The highest BCUT2D eigenvalue weighted by molar-refractivity contribution is 9.10. The van der Waals surface area contributed by atoms with E-state index in [4.69, 9.17) is 15.3 Å². The van der Waals surface area contributed by atoms with Crippen LogP contribution >= 0.6 is 15.9 Å². The van der Waals surface area contributed by atoms with Crippen LogP contribution in [0.3, 0.4) is 0 Å². The van der Waals surface area contributed by atoms with Gasteiger partial charge in [-0.1, -0.05) is 0 Å². The van der Waals surface area contributed by atoms with Gasteiger partial charge in [0.15, 0.2) is 0 Å². The Morgan fingerprint density at radius 2 is 1.87 bits per heavy atom. The predicted molar refractivity (Wildman–Crippen MR) is 59.5 cm³/mol. The molecule has 0 spiro atoms. The molecular formula is C9H13BrN2O3. The van der Waals surface area contributed by atoms with Gasteiger partial charge in [-0.05, 0) is 22.0 Å². The molecule has 6 heteroatoms.